The van der Waals surface area contributed by atoms with Crippen LogP contribution in [-0.4, -0.2) is 13.1 Å². The first-order valence-electron chi connectivity index (χ1n) is 2.52. The maximum absolute atomic E-state index is 3.25. The van der Waals surface area contributed by atoms with Gasteiger partial charge in [0.2, 0.25) is 0 Å². The molecule has 0 aliphatic carbocycles. The predicted molar refractivity (Wildman–Crippen MR) is 40.9 cm³/mol. The summed E-state index contributed by atoms with van der Waals surface area (Å²) < 4.78 is 0. The molecular weight excluding hydrogens is 145 g/mol. The molecule has 0 aromatic rings. The normalized spacial score (nSPS) is 18.0. The van der Waals surface area contributed by atoms with Gasteiger partial charge in [0.1, 0.15) is 0 Å². The molecule has 8 heavy (non-hydrogen) atoms. The van der Waals surface area contributed by atoms with Crippen molar-refractivity contribution < 1.29 is 0 Å². The Bertz CT molecular complexity index is 25.9. The van der Waals surface area contributed by atoms with Crippen molar-refractivity contribution in [2.45, 2.75) is 12.8 Å². The van der Waals surface area contributed by atoms with E-state index in [0.29, 0.717) is 0 Å². The zero-order valence-electron chi connectivity index (χ0n) is 4.72. The largest absolute Gasteiger partial charge is 0.317 e. The number of halogens is 2. The van der Waals surface area contributed by atoms with E-state index in [-0.39, 0.29) is 24.8 Å². The van der Waals surface area contributed by atoms with Gasteiger partial charge in [0.25, 0.3) is 0 Å². The number of rotatable bonds is 0. The molecule has 0 saturated carbocycles. The van der Waals surface area contributed by atoms with Crippen molar-refractivity contribution in [3.05, 3.63) is 6.42 Å². The highest BCUT2D eigenvalue weighted by Gasteiger charge is 1.94. The Morgan fingerprint density at radius 1 is 1.00 bits per heavy atom. The summed E-state index contributed by atoms with van der Waals surface area (Å²) in [6.07, 6.45) is 4.86. The van der Waals surface area contributed by atoms with Crippen molar-refractivity contribution in [2.75, 3.05) is 13.1 Å². The molecule has 1 nitrogen and oxygen atoms in total. The lowest BCUT2D eigenvalue weighted by Crippen LogP contribution is -2.21. The highest BCUT2D eigenvalue weighted by molar-refractivity contribution is 5.85. The third-order valence-corrected chi connectivity index (χ3v) is 1.05. The van der Waals surface area contributed by atoms with Crippen LogP contribution in [0.1, 0.15) is 12.8 Å². The van der Waals surface area contributed by atoms with Crippen LogP contribution in [0.4, 0.5) is 0 Å². The molecule has 3 heteroatoms. The summed E-state index contributed by atoms with van der Waals surface area (Å²) in [6.45, 7) is 2.39. The molecule has 51 valence electrons. The van der Waals surface area contributed by atoms with E-state index in [4.69, 9.17) is 0 Å². The summed E-state index contributed by atoms with van der Waals surface area (Å²) in [4.78, 5) is 0. The standard InChI is InChI=1S/C5H10N.2ClH/c1-2-4-6-5-3-1;;/h1,6H,2-5H2;2*1H. The quantitative estimate of drug-likeness (QED) is 0.560. The molecule has 1 radical (unpaired) electrons. The van der Waals surface area contributed by atoms with Crippen LogP contribution in [0.25, 0.3) is 0 Å². The van der Waals surface area contributed by atoms with Gasteiger partial charge < -0.3 is 5.32 Å². The molecule has 0 spiro atoms. The third-order valence-electron chi connectivity index (χ3n) is 1.05. The third kappa shape index (κ3) is 4.69. The average Bonchev–Trinajstić information content (AvgIpc) is 1.72. The Kier molecular flexibility index (Phi) is 10.7. The van der Waals surface area contributed by atoms with E-state index in [1.54, 1.807) is 0 Å². The van der Waals surface area contributed by atoms with Crippen molar-refractivity contribution in [2.24, 2.45) is 0 Å². The van der Waals surface area contributed by atoms with E-state index in [1.165, 1.54) is 25.9 Å². The van der Waals surface area contributed by atoms with Gasteiger partial charge in [-0.1, -0.05) is 0 Å². The first-order valence-corrected chi connectivity index (χ1v) is 2.52. The van der Waals surface area contributed by atoms with E-state index in [1.807, 2.05) is 0 Å². The van der Waals surface area contributed by atoms with Crippen molar-refractivity contribution in [1.29, 1.82) is 0 Å². The van der Waals surface area contributed by atoms with Gasteiger partial charge in [-0.2, -0.15) is 0 Å². The fourth-order valence-electron chi connectivity index (χ4n) is 0.678. The van der Waals surface area contributed by atoms with Crippen LogP contribution in [0, 0.1) is 6.42 Å². The number of hydrogen-bond donors (Lipinski definition) is 1. The Labute approximate surface area is 63.0 Å². The summed E-state index contributed by atoms with van der Waals surface area (Å²) in [5.74, 6) is 0. The summed E-state index contributed by atoms with van der Waals surface area (Å²) >= 11 is 0. The second kappa shape index (κ2) is 7.54. The van der Waals surface area contributed by atoms with Crippen LogP contribution in [-0.2, 0) is 0 Å². The lowest BCUT2D eigenvalue weighted by molar-refractivity contribution is 0.604. The number of nitrogens with one attached hydrogen (secondary N) is 1. The Morgan fingerprint density at radius 2 is 1.50 bits per heavy atom. The zero-order chi connectivity index (χ0) is 4.24. The van der Waals surface area contributed by atoms with Gasteiger partial charge >= 0.3 is 0 Å². The lowest BCUT2D eigenvalue weighted by Gasteiger charge is -2.08. The topological polar surface area (TPSA) is 12.0 Å². The maximum atomic E-state index is 3.25. The molecular formula is C5H12Cl2N. The van der Waals surface area contributed by atoms with E-state index in [9.17, 15) is 0 Å². The minimum Gasteiger partial charge on any atom is -0.317 e. The minimum absolute atomic E-state index is 0. The highest BCUT2D eigenvalue weighted by Crippen LogP contribution is 1.94. The van der Waals surface area contributed by atoms with Crippen LogP contribution in [0.2, 0.25) is 0 Å². The molecule has 1 rings (SSSR count). The predicted octanol–water partition coefficient (Wildman–Crippen LogP) is 1.42. The monoisotopic (exact) mass is 156 g/mol. The SMILES string of the molecule is Cl.Cl.[CH]1CCNCC1. The van der Waals surface area contributed by atoms with Crippen LogP contribution in [0.5, 0.6) is 0 Å². The van der Waals surface area contributed by atoms with E-state index in [2.05, 4.69) is 11.7 Å². The van der Waals surface area contributed by atoms with Crippen LogP contribution < -0.4 is 5.32 Å². The molecule has 0 aromatic heterocycles. The van der Waals surface area contributed by atoms with Gasteiger partial charge in [-0.3, -0.25) is 0 Å². The molecule has 1 N–H and O–H groups in total. The number of hydrogen-bond acceptors (Lipinski definition) is 1. The molecule has 0 atom stereocenters. The molecule has 0 unspecified atom stereocenters. The van der Waals surface area contributed by atoms with Gasteiger partial charge in [0, 0.05) is 0 Å². The molecule has 1 saturated heterocycles. The zero-order valence-corrected chi connectivity index (χ0v) is 6.36. The Morgan fingerprint density at radius 3 is 1.62 bits per heavy atom. The van der Waals surface area contributed by atoms with Crippen molar-refractivity contribution >= 4 is 24.8 Å². The highest BCUT2D eigenvalue weighted by atomic mass is 35.5. The van der Waals surface area contributed by atoms with Crippen molar-refractivity contribution in [3.8, 4) is 0 Å². The van der Waals surface area contributed by atoms with Gasteiger partial charge in [-0.15, -0.1) is 24.8 Å². The van der Waals surface area contributed by atoms with Crippen molar-refractivity contribution in [1.82, 2.24) is 5.32 Å². The Balaban J connectivity index is 0. The lowest BCUT2D eigenvalue weighted by atomic mass is 10.2. The first-order chi connectivity index (χ1) is 3.00. The van der Waals surface area contributed by atoms with Crippen LogP contribution in [0.3, 0.4) is 0 Å². The fraction of sp³-hybridized carbons (Fsp3) is 0.800. The molecule has 1 aliphatic rings. The van der Waals surface area contributed by atoms with Crippen LogP contribution >= 0.6 is 24.8 Å². The fourth-order valence-corrected chi connectivity index (χ4v) is 0.678. The van der Waals surface area contributed by atoms with Crippen LogP contribution in [0.15, 0.2) is 0 Å². The molecule has 0 bridgehead atoms. The second-order valence-electron chi connectivity index (χ2n) is 1.62. The smallest absolute Gasteiger partial charge is 0.00462 e. The summed E-state index contributed by atoms with van der Waals surface area (Å²) in [6, 6.07) is 0. The average molecular weight is 157 g/mol. The maximum Gasteiger partial charge on any atom is -0.00462 e. The van der Waals surface area contributed by atoms with Gasteiger partial charge in [-0.25, -0.2) is 0 Å². The van der Waals surface area contributed by atoms with E-state index < -0.39 is 0 Å². The first kappa shape index (κ1) is 11.4. The van der Waals surface area contributed by atoms with Gasteiger partial charge in [0.05, 0.1) is 0 Å². The summed E-state index contributed by atoms with van der Waals surface area (Å²) in [7, 11) is 0. The minimum atomic E-state index is 0. The second-order valence-corrected chi connectivity index (χ2v) is 1.62. The van der Waals surface area contributed by atoms with Gasteiger partial charge in [-0.05, 0) is 32.4 Å². The Hall–Kier alpha value is 0.540. The summed E-state index contributed by atoms with van der Waals surface area (Å²) in [5.41, 5.74) is 0. The van der Waals surface area contributed by atoms with E-state index in [0.717, 1.165) is 0 Å². The molecule has 1 heterocycles. The number of piperidine rings is 1. The summed E-state index contributed by atoms with van der Waals surface area (Å²) in [5, 5.41) is 3.25. The van der Waals surface area contributed by atoms with E-state index >= 15 is 0 Å². The molecule has 1 aliphatic heterocycles. The van der Waals surface area contributed by atoms with Crippen molar-refractivity contribution in [3.63, 3.8) is 0 Å². The van der Waals surface area contributed by atoms with Gasteiger partial charge in [0.15, 0.2) is 0 Å². The molecule has 1 fully saturated rings. The molecule has 0 aromatic carbocycles. The molecule has 0 amide bonds.